The van der Waals surface area contributed by atoms with E-state index in [0.717, 1.165) is 71.3 Å². The molecule has 0 radical (unpaired) electrons. The number of rotatable bonds is 24. The van der Waals surface area contributed by atoms with Crippen LogP contribution in [0.4, 0.5) is 0 Å². The molecule has 2 rings (SSSR count). The van der Waals surface area contributed by atoms with Gasteiger partial charge in [-0.2, -0.15) is 0 Å². The van der Waals surface area contributed by atoms with E-state index in [1.54, 1.807) is 0 Å². The van der Waals surface area contributed by atoms with Gasteiger partial charge in [-0.1, -0.05) is 117 Å². The summed E-state index contributed by atoms with van der Waals surface area (Å²) in [5.74, 6) is 3.67. The molecule has 0 fully saturated rings. The van der Waals surface area contributed by atoms with Crippen LogP contribution in [0.25, 0.3) is 0 Å². The van der Waals surface area contributed by atoms with Gasteiger partial charge in [-0.05, 0) is 74.5 Å². The van der Waals surface area contributed by atoms with Gasteiger partial charge in [-0.25, -0.2) is 0 Å². The Morgan fingerprint density at radius 3 is 1.39 bits per heavy atom. The van der Waals surface area contributed by atoms with Crippen LogP contribution in [0, 0.1) is 38.5 Å². The Morgan fingerprint density at radius 1 is 0.630 bits per heavy atom. The number of unbranched alkanes of at least 4 members (excludes halogenated alkanes) is 3. The van der Waals surface area contributed by atoms with E-state index in [1.165, 1.54) is 50.5 Å². The number of carbonyl (C=O) groups is 1. The van der Waals surface area contributed by atoms with Crippen LogP contribution in [0.3, 0.4) is 0 Å². The summed E-state index contributed by atoms with van der Waals surface area (Å²) in [4.78, 5) is 14.0. The number of ether oxygens (including phenoxy) is 3. The average Bonchev–Trinajstić information content (AvgIpc) is 3.01. The fourth-order valence-corrected chi connectivity index (χ4v) is 7.12. The molecule has 3 unspecified atom stereocenters. The largest absolute Gasteiger partial charge is 1.00 e. The zero-order valence-corrected chi connectivity index (χ0v) is 32.1. The predicted octanol–water partition coefficient (Wildman–Crippen LogP) is 8.81. The minimum atomic E-state index is 0. The summed E-state index contributed by atoms with van der Waals surface area (Å²) in [6, 6.07) is 8.24. The van der Waals surface area contributed by atoms with Gasteiger partial charge < -0.3 is 27.6 Å². The average molecular weight is 647 g/mol. The molecule has 0 aromatic heterocycles. The van der Waals surface area contributed by atoms with Crippen LogP contribution in [0.15, 0.2) is 24.3 Å². The topological polar surface area (TPSA) is 44.8 Å². The number of hydrogen-bond donors (Lipinski definition) is 0. The Labute approximate surface area is 296 Å². The quantitative estimate of drug-likeness (QED) is 0.0845. The smallest absolute Gasteiger partial charge is 0.495 e. The molecule has 0 spiro atoms. The zero-order chi connectivity index (χ0) is 33.2. The fraction of sp³-hybridized carbons (Fsp3) is 0.675. The van der Waals surface area contributed by atoms with Crippen LogP contribution in [0.2, 0.25) is 0 Å². The summed E-state index contributed by atoms with van der Waals surface area (Å²) in [5.41, 5.74) is 4.08. The Balaban J connectivity index is 0.0000106. The van der Waals surface area contributed by atoms with Gasteiger partial charge in [-0.15, -0.1) is 5.30 Å². The number of benzene rings is 2. The van der Waals surface area contributed by atoms with E-state index in [9.17, 15) is 4.79 Å². The summed E-state index contributed by atoms with van der Waals surface area (Å²) >= 11 is 0. The molecule has 0 aliphatic rings. The van der Waals surface area contributed by atoms with Crippen molar-refractivity contribution in [1.29, 1.82) is 0 Å². The molecule has 0 heterocycles. The molecule has 0 N–H and O–H groups in total. The van der Waals surface area contributed by atoms with Crippen molar-refractivity contribution in [3.8, 4) is 17.2 Å². The van der Waals surface area contributed by atoms with Crippen molar-refractivity contribution >= 4 is 19.4 Å². The van der Waals surface area contributed by atoms with Gasteiger partial charge in [0, 0.05) is 17.7 Å². The summed E-state index contributed by atoms with van der Waals surface area (Å²) in [5, 5.41) is 0.820. The number of hydrogen-bond acceptors (Lipinski definition) is 4. The summed E-state index contributed by atoms with van der Waals surface area (Å²) in [7, 11) is 0.572. The molecule has 3 atom stereocenters. The van der Waals surface area contributed by atoms with Crippen molar-refractivity contribution in [2.45, 2.75) is 139 Å². The van der Waals surface area contributed by atoms with Crippen molar-refractivity contribution in [1.82, 2.24) is 0 Å². The fourth-order valence-electron chi connectivity index (χ4n) is 5.97. The van der Waals surface area contributed by atoms with E-state index in [0.29, 0.717) is 46.2 Å². The maximum Gasteiger partial charge on any atom is 1.00 e. The van der Waals surface area contributed by atoms with Crippen LogP contribution < -0.4 is 38.4 Å². The maximum absolute atomic E-state index is 14.0. The van der Waals surface area contributed by atoms with E-state index in [2.05, 4.69) is 60.6 Å². The summed E-state index contributed by atoms with van der Waals surface area (Å²) in [6.07, 6.45) is 13.9. The molecule has 0 bridgehead atoms. The number of aryl methyl sites for hydroxylation is 3. The van der Waals surface area contributed by atoms with E-state index in [1.807, 2.05) is 26.0 Å². The Kier molecular flexibility index (Phi) is 22.0. The van der Waals surface area contributed by atoms with Crippen LogP contribution in [0.5, 0.6) is 17.2 Å². The molecule has 254 valence electrons. The van der Waals surface area contributed by atoms with E-state index < -0.39 is 0 Å². The van der Waals surface area contributed by atoms with Crippen molar-refractivity contribution in [2.24, 2.45) is 17.8 Å². The SMILES string of the molecule is CCCCC(CC)COc1cc(OCC(CC)CCCC)c([P-]C(=O)c2c(C)cc(C)cc2C)c(OCC(CC)CCCC)c1.[Li+]. The van der Waals surface area contributed by atoms with Gasteiger partial charge in [0.1, 0.15) is 5.75 Å². The molecule has 46 heavy (non-hydrogen) atoms. The molecule has 0 saturated heterocycles. The molecule has 2 aromatic rings. The summed E-state index contributed by atoms with van der Waals surface area (Å²) < 4.78 is 19.8. The minimum absolute atomic E-state index is 0. The van der Waals surface area contributed by atoms with Gasteiger partial charge in [-0.3, -0.25) is 0 Å². The first-order chi connectivity index (χ1) is 21.7. The van der Waals surface area contributed by atoms with Gasteiger partial charge in [0.25, 0.3) is 0 Å². The monoisotopic (exact) mass is 646 g/mol. The standard InChI is InChI=1S/C40H64O4P.Li/c1-10-16-19-32(13-4)26-42-35-24-36(43-27-33(14-5)20-17-11-2)39(37(25-35)44-28-34(15-6)21-18-12-3)45-40(41)38-30(8)22-29(7)23-31(38)9;/h22-25,32-34H,10-21,26-28H2,1-9H3;/q-1;+1. The maximum atomic E-state index is 14.0. The Hall–Kier alpha value is -1.46. The summed E-state index contributed by atoms with van der Waals surface area (Å²) in [6.45, 7) is 21.5. The number of carbonyl (C=O) groups excluding carboxylic acids is 1. The van der Waals surface area contributed by atoms with Crippen molar-refractivity contribution < 1.29 is 37.9 Å². The van der Waals surface area contributed by atoms with Crippen LogP contribution in [0.1, 0.15) is 146 Å². The van der Waals surface area contributed by atoms with Gasteiger partial charge >= 0.3 is 18.9 Å². The van der Waals surface area contributed by atoms with Gasteiger partial charge in [0.05, 0.1) is 31.3 Å². The molecule has 2 aromatic carbocycles. The van der Waals surface area contributed by atoms with Crippen LogP contribution in [-0.4, -0.2) is 25.3 Å². The molecule has 4 nitrogen and oxygen atoms in total. The minimum Gasteiger partial charge on any atom is -0.495 e. The third-order valence-corrected chi connectivity index (χ3v) is 10.3. The van der Waals surface area contributed by atoms with Gasteiger partial charge in [0.15, 0.2) is 0 Å². The van der Waals surface area contributed by atoms with E-state index in [-0.39, 0.29) is 24.4 Å². The predicted molar refractivity (Wildman–Crippen MR) is 194 cm³/mol. The molecule has 0 aliphatic carbocycles. The first kappa shape index (κ1) is 42.6. The molecule has 0 saturated carbocycles. The van der Waals surface area contributed by atoms with E-state index in [4.69, 9.17) is 14.2 Å². The van der Waals surface area contributed by atoms with Crippen molar-refractivity contribution in [2.75, 3.05) is 19.8 Å². The second-order valence-electron chi connectivity index (χ2n) is 13.1. The third-order valence-electron chi connectivity index (χ3n) is 9.18. The third kappa shape index (κ3) is 14.3. The molecular weight excluding hydrogens is 582 g/mol. The normalized spacial score (nSPS) is 13.3. The molecular formula is C40H64LiO4P. The van der Waals surface area contributed by atoms with Gasteiger partial charge in [0.2, 0.25) is 0 Å². The van der Waals surface area contributed by atoms with Crippen LogP contribution >= 0.6 is 8.58 Å². The zero-order valence-electron chi connectivity index (χ0n) is 31.2. The first-order valence-corrected chi connectivity index (χ1v) is 19.0. The first-order valence-electron chi connectivity index (χ1n) is 18.1. The Morgan fingerprint density at radius 2 is 1.02 bits per heavy atom. The van der Waals surface area contributed by atoms with E-state index >= 15 is 0 Å². The second kappa shape index (κ2) is 23.8. The van der Waals surface area contributed by atoms with Crippen molar-refractivity contribution in [3.05, 3.63) is 46.5 Å². The molecule has 0 amide bonds. The molecule has 0 aliphatic heterocycles. The Bertz CT molecular complexity index is 1090. The van der Waals surface area contributed by atoms with Crippen LogP contribution in [-0.2, 0) is 0 Å². The second-order valence-corrected chi connectivity index (χ2v) is 14.2. The van der Waals surface area contributed by atoms with Crippen molar-refractivity contribution in [3.63, 3.8) is 0 Å². The molecule has 6 heteroatoms.